The number of hydrazone groups is 1. The third-order valence-corrected chi connectivity index (χ3v) is 3.87. The standard InChI is InChI=1S/C19H17ClN4O/c1-13-5-4-7-16(9-13)21-12-18(25)24-22-11-15-10-14-6-2-3-8-17(14)23-19(15)20/h2-11,21H,12H2,1H3,(H,24,25). The highest BCUT2D eigenvalue weighted by Gasteiger charge is 2.03. The van der Waals surface area contributed by atoms with Gasteiger partial charge in [-0.15, -0.1) is 0 Å². The molecule has 0 fully saturated rings. The molecule has 1 aromatic heterocycles. The molecule has 2 aromatic carbocycles. The first-order chi connectivity index (χ1) is 12.1. The van der Waals surface area contributed by atoms with Crippen molar-refractivity contribution in [1.82, 2.24) is 10.4 Å². The fraction of sp³-hybridized carbons (Fsp3) is 0.105. The highest BCUT2D eigenvalue weighted by molar-refractivity contribution is 6.32. The van der Waals surface area contributed by atoms with Crippen molar-refractivity contribution in [2.45, 2.75) is 6.92 Å². The lowest BCUT2D eigenvalue weighted by atomic mass is 10.2. The van der Waals surface area contributed by atoms with Crippen molar-refractivity contribution < 1.29 is 4.79 Å². The number of para-hydroxylation sites is 1. The van der Waals surface area contributed by atoms with E-state index in [0.717, 1.165) is 22.2 Å². The Hall–Kier alpha value is -2.92. The average Bonchev–Trinajstić information content (AvgIpc) is 2.60. The number of rotatable bonds is 5. The van der Waals surface area contributed by atoms with Crippen molar-refractivity contribution in [2.24, 2.45) is 5.10 Å². The van der Waals surface area contributed by atoms with Crippen LogP contribution in [0, 0.1) is 6.92 Å². The molecule has 5 nitrogen and oxygen atoms in total. The molecule has 6 heteroatoms. The highest BCUT2D eigenvalue weighted by atomic mass is 35.5. The number of hydrogen-bond donors (Lipinski definition) is 2. The SMILES string of the molecule is Cc1cccc(NCC(=O)NN=Cc2cc3ccccc3nc2Cl)c1. The number of fused-ring (bicyclic) bond motifs is 1. The molecule has 0 saturated carbocycles. The molecule has 3 rings (SSSR count). The summed E-state index contributed by atoms with van der Waals surface area (Å²) in [5, 5.41) is 8.30. The van der Waals surface area contributed by atoms with E-state index in [-0.39, 0.29) is 12.5 Å². The van der Waals surface area contributed by atoms with Crippen LogP contribution >= 0.6 is 11.6 Å². The molecule has 0 aliphatic carbocycles. The summed E-state index contributed by atoms with van der Waals surface area (Å²) in [4.78, 5) is 16.2. The van der Waals surface area contributed by atoms with Crippen LogP contribution in [0.3, 0.4) is 0 Å². The van der Waals surface area contributed by atoms with Crippen molar-refractivity contribution in [1.29, 1.82) is 0 Å². The number of nitrogens with one attached hydrogen (secondary N) is 2. The predicted octanol–water partition coefficient (Wildman–Crippen LogP) is 3.76. The summed E-state index contributed by atoms with van der Waals surface area (Å²) in [6, 6.07) is 17.4. The molecular formula is C19H17ClN4O. The van der Waals surface area contributed by atoms with Gasteiger partial charge in [-0.25, -0.2) is 10.4 Å². The normalized spacial score (nSPS) is 11.0. The number of aromatic nitrogens is 1. The van der Waals surface area contributed by atoms with E-state index in [9.17, 15) is 4.79 Å². The van der Waals surface area contributed by atoms with Crippen LogP contribution in [-0.2, 0) is 4.79 Å². The van der Waals surface area contributed by atoms with Gasteiger partial charge in [0, 0.05) is 16.6 Å². The van der Waals surface area contributed by atoms with E-state index in [1.54, 1.807) is 0 Å². The minimum atomic E-state index is -0.248. The Bertz CT molecular complexity index is 940. The highest BCUT2D eigenvalue weighted by Crippen LogP contribution is 2.18. The quantitative estimate of drug-likeness (QED) is 0.417. The van der Waals surface area contributed by atoms with Crippen molar-refractivity contribution >= 4 is 40.3 Å². The Balaban J connectivity index is 1.59. The summed E-state index contributed by atoms with van der Waals surface area (Å²) >= 11 is 6.15. The fourth-order valence-electron chi connectivity index (χ4n) is 2.35. The van der Waals surface area contributed by atoms with Gasteiger partial charge in [-0.3, -0.25) is 4.79 Å². The van der Waals surface area contributed by atoms with Crippen LogP contribution < -0.4 is 10.7 Å². The zero-order valence-electron chi connectivity index (χ0n) is 13.7. The van der Waals surface area contributed by atoms with E-state index in [1.165, 1.54) is 6.21 Å². The first kappa shape index (κ1) is 16.9. The minimum Gasteiger partial charge on any atom is -0.376 e. The molecule has 0 atom stereocenters. The number of aryl methyl sites for hydroxylation is 1. The van der Waals surface area contributed by atoms with Crippen LogP contribution in [0.1, 0.15) is 11.1 Å². The van der Waals surface area contributed by atoms with E-state index in [4.69, 9.17) is 11.6 Å². The molecule has 0 aliphatic rings. The van der Waals surface area contributed by atoms with Crippen LogP contribution in [0.25, 0.3) is 10.9 Å². The van der Waals surface area contributed by atoms with Crippen molar-refractivity contribution in [3.05, 3.63) is 70.9 Å². The van der Waals surface area contributed by atoms with E-state index in [0.29, 0.717) is 10.7 Å². The van der Waals surface area contributed by atoms with Crippen molar-refractivity contribution in [3.63, 3.8) is 0 Å². The van der Waals surface area contributed by atoms with Crippen LogP contribution in [0.5, 0.6) is 0 Å². The van der Waals surface area contributed by atoms with Crippen molar-refractivity contribution in [2.75, 3.05) is 11.9 Å². The maximum Gasteiger partial charge on any atom is 0.259 e. The third kappa shape index (κ3) is 4.55. The average molecular weight is 353 g/mol. The maximum atomic E-state index is 11.9. The molecule has 1 amide bonds. The Morgan fingerprint density at radius 3 is 2.88 bits per heavy atom. The molecule has 0 spiro atoms. The number of halogens is 1. The molecule has 0 bridgehead atoms. The number of carbonyl (C=O) groups excluding carboxylic acids is 1. The van der Waals surface area contributed by atoms with Crippen LogP contribution in [0.4, 0.5) is 5.69 Å². The zero-order chi connectivity index (χ0) is 17.6. The summed E-state index contributed by atoms with van der Waals surface area (Å²) in [7, 11) is 0. The molecule has 3 aromatic rings. The van der Waals surface area contributed by atoms with Crippen LogP contribution in [0.2, 0.25) is 5.15 Å². The summed E-state index contributed by atoms with van der Waals surface area (Å²) in [5.41, 5.74) is 5.95. The molecule has 2 N–H and O–H groups in total. The van der Waals surface area contributed by atoms with E-state index in [1.807, 2.05) is 61.5 Å². The maximum absolute atomic E-state index is 11.9. The number of amides is 1. The molecule has 25 heavy (non-hydrogen) atoms. The Morgan fingerprint density at radius 2 is 2.04 bits per heavy atom. The lowest BCUT2D eigenvalue weighted by Crippen LogP contribution is -2.25. The number of hydrogen-bond acceptors (Lipinski definition) is 4. The Kier molecular flexibility index (Phi) is 5.26. The summed E-state index contributed by atoms with van der Waals surface area (Å²) in [6.45, 7) is 2.13. The van der Waals surface area contributed by atoms with Crippen LogP contribution in [0.15, 0.2) is 59.7 Å². The van der Waals surface area contributed by atoms with Gasteiger partial charge in [0.2, 0.25) is 0 Å². The number of pyridine rings is 1. The summed E-state index contributed by atoms with van der Waals surface area (Å²) in [6.07, 6.45) is 1.49. The number of carbonyl (C=O) groups is 1. The Morgan fingerprint density at radius 1 is 1.20 bits per heavy atom. The largest absolute Gasteiger partial charge is 0.376 e. The third-order valence-electron chi connectivity index (χ3n) is 3.57. The molecule has 126 valence electrons. The molecule has 0 saturated heterocycles. The molecule has 1 heterocycles. The first-order valence-electron chi connectivity index (χ1n) is 7.79. The Labute approximate surface area is 150 Å². The van der Waals surface area contributed by atoms with E-state index >= 15 is 0 Å². The second-order valence-corrected chi connectivity index (χ2v) is 5.94. The molecule has 0 radical (unpaired) electrons. The second kappa shape index (κ2) is 7.77. The van der Waals surface area contributed by atoms with E-state index in [2.05, 4.69) is 20.8 Å². The van der Waals surface area contributed by atoms with Crippen LogP contribution in [-0.4, -0.2) is 23.7 Å². The van der Waals surface area contributed by atoms with Gasteiger partial charge in [-0.05, 0) is 36.8 Å². The second-order valence-electron chi connectivity index (χ2n) is 5.58. The first-order valence-corrected chi connectivity index (χ1v) is 8.17. The monoisotopic (exact) mass is 352 g/mol. The van der Waals surface area contributed by atoms with Gasteiger partial charge in [0.15, 0.2) is 0 Å². The number of benzene rings is 2. The number of anilines is 1. The fourth-order valence-corrected chi connectivity index (χ4v) is 2.54. The van der Waals surface area contributed by atoms with Gasteiger partial charge in [-0.1, -0.05) is 41.9 Å². The summed E-state index contributed by atoms with van der Waals surface area (Å²) in [5.74, 6) is -0.248. The van der Waals surface area contributed by atoms with E-state index < -0.39 is 0 Å². The van der Waals surface area contributed by atoms with Gasteiger partial charge in [0.05, 0.1) is 18.3 Å². The lowest BCUT2D eigenvalue weighted by molar-refractivity contribution is -0.119. The van der Waals surface area contributed by atoms with Gasteiger partial charge in [-0.2, -0.15) is 5.10 Å². The van der Waals surface area contributed by atoms with Crippen molar-refractivity contribution in [3.8, 4) is 0 Å². The molecular weight excluding hydrogens is 336 g/mol. The predicted molar refractivity (Wildman–Crippen MR) is 102 cm³/mol. The zero-order valence-corrected chi connectivity index (χ0v) is 14.4. The van der Waals surface area contributed by atoms with Gasteiger partial charge in [0.1, 0.15) is 5.15 Å². The molecule has 0 aliphatic heterocycles. The van der Waals surface area contributed by atoms with Gasteiger partial charge >= 0.3 is 0 Å². The lowest BCUT2D eigenvalue weighted by Gasteiger charge is -2.06. The molecule has 0 unspecified atom stereocenters. The topological polar surface area (TPSA) is 66.4 Å². The smallest absolute Gasteiger partial charge is 0.259 e. The van der Waals surface area contributed by atoms with Gasteiger partial charge < -0.3 is 5.32 Å². The summed E-state index contributed by atoms with van der Waals surface area (Å²) < 4.78 is 0. The number of nitrogens with zero attached hydrogens (tertiary/aromatic N) is 2. The minimum absolute atomic E-state index is 0.129. The van der Waals surface area contributed by atoms with Gasteiger partial charge in [0.25, 0.3) is 5.91 Å².